The Labute approximate surface area is 201 Å². The lowest BCUT2D eigenvalue weighted by Crippen LogP contribution is -2.24. The van der Waals surface area contributed by atoms with E-state index in [1.54, 1.807) is 40.8 Å². The van der Waals surface area contributed by atoms with Crippen molar-refractivity contribution in [2.75, 3.05) is 34.4 Å². The molecule has 6 nitrogen and oxygen atoms in total. The number of nitrogens with zero attached hydrogens (tertiary/aromatic N) is 3. The maximum Gasteiger partial charge on any atom is 0.262 e. The molecule has 0 unspecified atom stereocenters. The highest BCUT2D eigenvalue weighted by Gasteiger charge is 2.15. The van der Waals surface area contributed by atoms with Gasteiger partial charge in [0.1, 0.15) is 18.1 Å². The number of para-hydroxylation sites is 1. The first-order valence-corrected chi connectivity index (χ1v) is 12.5. The van der Waals surface area contributed by atoms with Crippen LogP contribution < -0.4 is 15.0 Å². The molecular formula is C25H27N3O3S2. The second-order valence-corrected chi connectivity index (χ2v) is 9.77. The molecule has 0 aliphatic heterocycles. The average Bonchev–Trinajstić information content (AvgIpc) is 3.33. The van der Waals surface area contributed by atoms with E-state index in [2.05, 4.69) is 4.90 Å². The van der Waals surface area contributed by atoms with Crippen molar-refractivity contribution in [2.24, 2.45) is 0 Å². The molecular weight excluding hydrogens is 454 g/mol. The van der Waals surface area contributed by atoms with E-state index in [-0.39, 0.29) is 5.56 Å². The van der Waals surface area contributed by atoms with Gasteiger partial charge in [-0.1, -0.05) is 36.0 Å². The Hall–Kier alpha value is -2.81. The second-order valence-electron chi connectivity index (χ2n) is 7.80. The van der Waals surface area contributed by atoms with E-state index < -0.39 is 0 Å². The van der Waals surface area contributed by atoms with Gasteiger partial charge in [-0.3, -0.25) is 9.36 Å². The van der Waals surface area contributed by atoms with Crippen LogP contribution in [0.3, 0.4) is 0 Å². The number of fused-ring (bicyclic) bond motifs is 1. The number of benzene rings is 2. The van der Waals surface area contributed by atoms with Crippen LogP contribution in [0.25, 0.3) is 10.9 Å². The standard InChI is InChI=1S/C25H27N3O3S2/c1-27(2)12-13-31-19-10-11-22-21(15-19)24(29)28(16-20-8-6-14-32-20)25(26-22)33-17-18-7-4-5-9-23(18)30-3/h4-11,14-15H,12-13,16-17H2,1-3H3. The van der Waals surface area contributed by atoms with Crippen molar-refractivity contribution in [1.29, 1.82) is 0 Å². The number of aromatic nitrogens is 2. The lowest BCUT2D eigenvalue weighted by molar-refractivity contribution is 0.261. The maximum atomic E-state index is 13.6. The van der Waals surface area contributed by atoms with E-state index in [9.17, 15) is 4.79 Å². The van der Waals surface area contributed by atoms with Crippen molar-refractivity contribution in [1.82, 2.24) is 14.5 Å². The molecule has 4 rings (SSSR count). The third-order valence-electron chi connectivity index (χ3n) is 5.14. The smallest absolute Gasteiger partial charge is 0.262 e. The molecule has 4 aromatic rings. The molecule has 0 saturated carbocycles. The summed E-state index contributed by atoms with van der Waals surface area (Å²) >= 11 is 3.17. The summed E-state index contributed by atoms with van der Waals surface area (Å²) in [6, 6.07) is 17.5. The number of hydrogen-bond donors (Lipinski definition) is 0. The quantitative estimate of drug-likeness (QED) is 0.241. The maximum absolute atomic E-state index is 13.6. The van der Waals surface area contributed by atoms with Crippen LogP contribution in [0.2, 0.25) is 0 Å². The van der Waals surface area contributed by atoms with E-state index in [1.165, 1.54) is 0 Å². The molecule has 2 heterocycles. The third-order valence-corrected chi connectivity index (χ3v) is 7.03. The van der Waals surface area contributed by atoms with Gasteiger partial charge in [0.15, 0.2) is 5.16 Å². The fourth-order valence-corrected chi connectivity index (χ4v) is 5.07. The molecule has 0 aliphatic carbocycles. The summed E-state index contributed by atoms with van der Waals surface area (Å²) < 4.78 is 13.1. The molecule has 33 heavy (non-hydrogen) atoms. The first kappa shape index (κ1) is 23.4. The Morgan fingerprint density at radius 1 is 1.12 bits per heavy atom. The Morgan fingerprint density at radius 3 is 2.73 bits per heavy atom. The SMILES string of the molecule is COc1ccccc1CSc1nc2ccc(OCCN(C)C)cc2c(=O)n1Cc1cccs1. The Kier molecular flexibility index (Phi) is 7.69. The predicted molar refractivity (Wildman–Crippen MR) is 136 cm³/mol. The molecule has 8 heteroatoms. The Balaban J connectivity index is 1.69. The summed E-state index contributed by atoms with van der Waals surface area (Å²) in [5.74, 6) is 2.16. The lowest BCUT2D eigenvalue weighted by Gasteiger charge is -2.15. The average molecular weight is 482 g/mol. The van der Waals surface area contributed by atoms with Gasteiger partial charge in [0.05, 0.1) is 24.6 Å². The van der Waals surface area contributed by atoms with E-state index >= 15 is 0 Å². The zero-order valence-corrected chi connectivity index (χ0v) is 20.6. The van der Waals surface area contributed by atoms with Crippen molar-refractivity contribution in [2.45, 2.75) is 17.5 Å². The van der Waals surface area contributed by atoms with Crippen molar-refractivity contribution < 1.29 is 9.47 Å². The van der Waals surface area contributed by atoms with Crippen LogP contribution in [-0.2, 0) is 12.3 Å². The molecule has 172 valence electrons. The Bertz CT molecular complexity index is 1270. The Morgan fingerprint density at radius 2 is 1.97 bits per heavy atom. The van der Waals surface area contributed by atoms with Gasteiger partial charge in [-0.25, -0.2) is 4.98 Å². The number of thiophene rings is 1. The molecule has 0 amide bonds. The molecule has 0 atom stereocenters. The number of thioether (sulfide) groups is 1. The van der Waals surface area contributed by atoms with Gasteiger partial charge in [0.2, 0.25) is 0 Å². The summed E-state index contributed by atoms with van der Waals surface area (Å²) in [6.45, 7) is 1.85. The van der Waals surface area contributed by atoms with Crippen LogP contribution in [0, 0.1) is 0 Å². The number of hydrogen-bond acceptors (Lipinski definition) is 7. The van der Waals surface area contributed by atoms with Gasteiger partial charge in [-0.05, 0) is 49.8 Å². The van der Waals surface area contributed by atoms with Gasteiger partial charge >= 0.3 is 0 Å². The molecule has 0 fully saturated rings. The van der Waals surface area contributed by atoms with E-state index in [4.69, 9.17) is 14.5 Å². The molecule has 0 saturated heterocycles. The summed E-state index contributed by atoms with van der Waals surface area (Å²) in [5.41, 5.74) is 1.67. The van der Waals surface area contributed by atoms with Crippen LogP contribution in [0.5, 0.6) is 11.5 Å². The molecule has 0 aliphatic rings. The zero-order chi connectivity index (χ0) is 23.2. The largest absolute Gasteiger partial charge is 0.496 e. The van der Waals surface area contributed by atoms with E-state index in [1.807, 2.05) is 68.0 Å². The fraction of sp³-hybridized carbons (Fsp3) is 0.280. The van der Waals surface area contributed by atoms with Crippen LogP contribution in [0.15, 0.2) is 69.9 Å². The predicted octanol–water partition coefficient (Wildman–Crippen LogP) is 4.75. The normalized spacial score (nSPS) is 11.3. The number of likely N-dealkylation sites (N-methyl/N-ethyl adjacent to an activating group) is 1. The minimum atomic E-state index is -0.0611. The molecule has 2 aromatic carbocycles. The number of methoxy groups -OCH3 is 1. The van der Waals surface area contributed by atoms with E-state index in [0.717, 1.165) is 22.7 Å². The topological polar surface area (TPSA) is 56.6 Å². The monoisotopic (exact) mass is 481 g/mol. The molecule has 0 radical (unpaired) electrons. The van der Waals surface area contributed by atoms with Gasteiger partial charge in [0, 0.05) is 22.7 Å². The van der Waals surface area contributed by atoms with Crippen LogP contribution >= 0.6 is 23.1 Å². The molecule has 0 bridgehead atoms. The minimum Gasteiger partial charge on any atom is -0.496 e. The fourth-order valence-electron chi connectivity index (χ4n) is 3.39. The van der Waals surface area contributed by atoms with Crippen molar-refractivity contribution in [3.63, 3.8) is 0 Å². The zero-order valence-electron chi connectivity index (χ0n) is 19.0. The van der Waals surface area contributed by atoms with Crippen molar-refractivity contribution >= 4 is 34.0 Å². The number of rotatable bonds is 10. The molecule has 0 spiro atoms. The van der Waals surface area contributed by atoms with Gasteiger partial charge in [0.25, 0.3) is 5.56 Å². The van der Waals surface area contributed by atoms with E-state index in [0.29, 0.717) is 40.7 Å². The summed E-state index contributed by atoms with van der Waals surface area (Å²) in [7, 11) is 5.67. The third kappa shape index (κ3) is 5.76. The van der Waals surface area contributed by atoms with Crippen LogP contribution in [-0.4, -0.2) is 48.8 Å². The minimum absolute atomic E-state index is 0.0611. The lowest BCUT2D eigenvalue weighted by atomic mass is 10.2. The van der Waals surface area contributed by atoms with Gasteiger partial charge in [-0.15, -0.1) is 11.3 Å². The summed E-state index contributed by atoms with van der Waals surface area (Å²) in [5, 5.41) is 3.27. The second kappa shape index (κ2) is 10.9. The first-order valence-electron chi connectivity index (χ1n) is 10.6. The first-order chi connectivity index (χ1) is 16.0. The van der Waals surface area contributed by atoms with Gasteiger partial charge < -0.3 is 14.4 Å². The summed E-state index contributed by atoms with van der Waals surface area (Å²) in [6.07, 6.45) is 0. The van der Waals surface area contributed by atoms with Crippen LogP contribution in [0.1, 0.15) is 10.4 Å². The van der Waals surface area contributed by atoms with Crippen molar-refractivity contribution in [3.05, 3.63) is 80.8 Å². The highest BCUT2D eigenvalue weighted by atomic mass is 32.2. The van der Waals surface area contributed by atoms with Crippen LogP contribution in [0.4, 0.5) is 0 Å². The van der Waals surface area contributed by atoms with Gasteiger partial charge in [-0.2, -0.15) is 0 Å². The molecule has 0 N–H and O–H groups in total. The highest BCUT2D eigenvalue weighted by molar-refractivity contribution is 7.98. The van der Waals surface area contributed by atoms with Crippen molar-refractivity contribution in [3.8, 4) is 11.5 Å². The number of ether oxygens (including phenoxy) is 2. The summed E-state index contributed by atoms with van der Waals surface area (Å²) in [4.78, 5) is 21.6. The highest BCUT2D eigenvalue weighted by Crippen LogP contribution is 2.28. The molecule has 2 aromatic heterocycles.